The van der Waals surface area contributed by atoms with Crippen LogP contribution in [-0.2, 0) is 19.1 Å². The molecular formula is C20H36O4. The van der Waals surface area contributed by atoms with E-state index < -0.39 is 5.97 Å². The Bertz CT molecular complexity index is 326. The highest BCUT2D eigenvalue weighted by Gasteiger charge is 2.04. The van der Waals surface area contributed by atoms with Gasteiger partial charge in [-0.2, -0.15) is 0 Å². The van der Waals surface area contributed by atoms with E-state index in [-0.39, 0.29) is 19.0 Å². The molecule has 0 rings (SSSR count). The molecule has 0 fully saturated rings. The molecule has 0 aliphatic heterocycles. The van der Waals surface area contributed by atoms with Crippen molar-refractivity contribution in [3.8, 4) is 0 Å². The number of carbonyl (C=O) groups is 2. The molecule has 4 heteroatoms. The van der Waals surface area contributed by atoms with Crippen LogP contribution in [0.5, 0.6) is 0 Å². The van der Waals surface area contributed by atoms with Crippen molar-refractivity contribution >= 4 is 11.9 Å². The second-order valence-electron chi connectivity index (χ2n) is 6.23. The average Bonchev–Trinajstić information content (AvgIpc) is 2.58. The minimum absolute atomic E-state index is 0.0577. The lowest BCUT2D eigenvalue weighted by Gasteiger charge is -2.05. The molecule has 0 radical (unpaired) electrons. The summed E-state index contributed by atoms with van der Waals surface area (Å²) in [4.78, 5) is 22.2. The highest BCUT2D eigenvalue weighted by molar-refractivity contribution is 5.81. The van der Waals surface area contributed by atoms with Gasteiger partial charge in [-0.1, -0.05) is 84.1 Å². The molecule has 0 N–H and O–H groups in total. The summed E-state index contributed by atoms with van der Waals surface area (Å²) in [7, 11) is 0. The summed E-state index contributed by atoms with van der Waals surface area (Å²) in [5.74, 6) is -0.821. The van der Waals surface area contributed by atoms with Crippen LogP contribution in [0.1, 0.15) is 90.4 Å². The van der Waals surface area contributed by atoms with Gasteiger partial charge in [0, 0.05) is 6.08 Å². The van der Waals surface area contributed by atoms with E-state index in [1.807, 2.05) is 0 Å². The summed E-state index contributed by atoms with van der Waals surface area (Å²) >= 11 is 0. The third kappa shape index (κ3) is 17.0. The molecule has 0 amide bonds. The molecular weight excluding hydrogens is 304 g/mol. The molecule has 0 aromatic carbocycles. The Labute approximate surface area is 148 Å². The Morgan fingerprint density at radius 3 is 1.75 bits per heavy atom. The zero-order chi connectivity index (χ0) is 17.9. The second kappa shape index (κ2) is 18.0. The first-order valence-corrected chi connectivity index (χ1v) is 9.65. The van der Waals surface area contributed by atoms with Gasteiger partial charge in [-0.25, -0.2) is 4.79 Å². The Balaban J connectivity index is 3.17. The Kier molecular flexibility index (Phi) is 17.0. The number of ether oxygens (including phenoxy) is 2. The third-order valence-corrected chi connectivity index (χ3v) is 3.98. The van der Waals surface area contributed by atoms with Crippen molar-refractivity contribution in [2.75, 3.05) is 13.2 Å². The van der Waals surface area contributed by atoms with E-state index in [0.717, 1.165) is 18.9 Å². The van der Waals surface area contributed by atoms with Crippen LogP contribution in [0.3, 0.4) is 0 Å². The fourth-order valence-electron chi connectivity index (χ4n) is 2.50. The number of hydrogen-bond donors (Lipinski definition) is 0. The maximum absolute atomic E-state index is 11.4. The van der Waals surface area contributed by atoms with Crippen LogP contribution in [0, 0.1) is 0 Å². The van der Waals surface area contributed by atoms with Crippen LogP contribution in [0.25, 0.3) is 0 Å². The highest BCUT2D eigenvalue weighted by atomic mass is 16.5. The molecule has 4 nitrogen and oxygen atoms in total. The first kappa shape index (κ1) is 22.7. The SMILES string of the molecule is C=CC(=O)OCCC(=O)OCCCCCCCCCCCCCC. The van der Waals surface area contributed by atoms with Crippen molar-refractivity contribution in [2.45, 2.75) is 90.4 Å². The average molecular weight is 341 g/mol. The molecule has 0 unspecified atom stereocenters. The predicted molar refractivity (Wildman–Crippen MR) is 97.8 cm³/mol. The summed E-state index contributed by atoms with van der Waals surface area (Å²) in [5, 5.41) is 0. The summed E-state index contributed by atoms with van der Waals surface area (Å²) in [6.45, 7) is 6.06. The van der Waals surface area contributed by atoms with Gasteiger partial charge in [0.2, 0.25) is 0 Å². The minimum Gasteiger partial charge on any atom is -0.466 e. The predicted octanol–water partition coefficient (Wildman–Crippen LogP) is 5.35. The molecule has 0 aliphatic rings. The zero-order valence-electron chi connectivity index (χ0n) is 15.5. The van der Waals surface area contributed by atoms with E-state index in [1.54, 1.807) is 0 Å². The zero-order valence-corrected chi connectivity index (χ0v) is 15.5. The van der Waals surface area contributed by atoms with Gasteiger partial charge in [0.15, 0.2) is 0 Å². The summed E-state index contributed by atoms with van der Waals surface area (Å²) in [6.07, 6.45) is 16.6. The largest absolute Gasteiger partial charge is 0.466 e. The molecule has 0 atom stereocenters. The van der Waals surface area contributed by atoms with Gasteiger partial charge < -0.3 is 9.47 Å². The summed E-state index contributed by atoms with van der Waals surface area (Å²) in [6, 6.07) is 0. The van der Waals surface area contributed by atoms with Crippen LogP contribution < -0.4 is 0 Å². The Morgan fingerprint density at radius 2 is 1.25 bits per heavy atom. The van der Waals surface area contributed by atoms with Crippen molar-refractivity contribution in [2.24, 2.45) is 0 Å². The fourth-order valence-corrected chi connectivity index (χ4v) is 2.50. The molecule has 0 aliphatic carbocycles. The number of unbranched alkanes of at least 4 members (excludes halogenated alkanes) is 11. The van der Waals surface area contributed by atoms with Gasteiger partial charge in [0.1, 0.15) is 6.61 Å². The van der Waals surface area contributed by atoms with Gasteiger partial charge in [-0.05, 0) is 6.42 Å². The fraction of sp³-hybridized carbons (Fsp3) is 0.800. The van der Waals surface area contributed by atoms with Crippen LogP contribution in [-0.4, -0.2) is 25.2 Å². The van der Waals surface area contributed by atoms with Gasteiger partial charge in [-0.3, -0.25) is 4.79 Å². The number of carbonyl (C=O) groups excluding carboxylic acids is 2. The van der Waals surface area contributed by atoms with Crippen molar-refractivity contribution in [1.29, 1.82) is 0 Å². The Morgan fingerprint density at radius 1 is 0.750 bits per heavy atom. The van der Waals surface area contributed by atoms with Crippen LogP contribution in [0.2, 0.25) is 0 Å². The van der Waals surface area contributed by atoms with E-state index in [2.05, 4.69) is 13.5 Å². The monoisotopic (exact) mass is 340 g/mol. The maximum Gasteiger partial charge on any atom is 0.330 e. The summed E-state index contributed by atoms with van der Waals surface area (Å²) in [5.41, 5.74) is 0. The highest BCUT2D eigenvalue weighted by Crippen LogP contribution is 2.11. The van der Waals surface area contributed by atoms with Gasteiger partial charge in [0.05, 0.1) is 13.0 Å². The molecule has 140 valence electrons. The lowest BCUT2D eigenvalue weighted by atomic mass is 10.1. The van der Waals surface area contributed by atoms with E-state index in [9.17, 15) is 9.59 Å². The number of rotatable bonds is 17. The topological polar surface area (TPSA) is 52.6 Å². The van der Waals surface area contributed by atoms with Crippen molar-refractivity contribution in [1.82, 2.24) is 0 Å². The van der Waals surface area contributed by atoms with Gasteiger partial charge >= 0.3 is 11.9 Å². The first-order chi connectivity index (χ1) is 11.7. The van der Waals surface area contributed by atoms with E-state index in [0.29, 0.717) is 6.61 Å². The van der Waals surface area contributed by atoms with E-state index >= 15 is 0 Å². The molecule has 0 aromatic heterocycles. The minimum atomic E-state index is -0.510. The quantitative estimate of drug-likeness (QED) is 0.203. The molecule has 24 heavy (non-hydrogen) atoms. The van der Waals surface area contributed by atoms with Gasteiger partial charge in [-0.15, -0.1) is 0 Å². The smallest absolute Gasteiger partial charge is 0.330 e. The third-order valence-electron chi connectivity index (χ3n) is 3.98. The van der Waals surface area contributed by atoms with Crippen molar-refractivity contribution in [3.63, 3.8) is 0 Å². The molecule has 0 saturated heterocycles. The molecule has 0 aromatic rings. The van der Waals surface area contributed by atoms with Crippen LogP contribution in [0.4, 0.5) is 0 Å². The lowest BCUT2D eigenvalue weighted by Crippen LogP contribution is -2.11. The standard InChI is InChI=1S/C20H36O4/c1-3-5-6-7-8-9-10-11-12-13-14-15-17-23-20(22)16-18-24-19(21)4-2/h4H,2-3,5-18H2,1H3. The van der Waals surface area contributed by atoms with Gasteiger partial charge in [0.25, 0.3) is 0 Å². The van der Waals surface area contributed by atoms with E-state index in [4.69, 9.17) is 9.47 Å². The van der Waals surface area contributed by atoms with Crippen molar-refractivity contribution < 1.29 is 19.1 Å². The molecule has 0 saturated carbocycles. The number of hydrogen-bond acceptors (Lipinski definition) is 4. The van der Waals surface area contributed by atoms with Crippen LogP contribution in [0.15, 0.2) is 12.7 Å². The molecule has 0 bridgehead atoms. The molecule has 0 heterocycles. The van der Waals surface area contributed by atoms with Crippen molar-refractivity contribution in [3.05, 3.63) is 12.7 Å². The lowest BCUT2D eigenvalue weighted by molar-refractivity contribution is -0.147. The van der Waals surface area contributed by atoms with Crippen LogP contribution >= 0.6 is 0 Å². The maximum atomic E-state index is 11.4. The summed E-state index contributed by atoms with van der Waals surface area (Å²) < 4.78 is 9.82. The normalized spacial score (nSPS) is 10.4. The van der Waals surface area contributed by atoms with E-state index in [1.165, 1.54) is 64.2 Å². The number of esters is 2. The first-order valence-electron chi connectivity index (χ1n) is 9.65. The second-order valence-corrected chi connectivity index (χ2v) is 6.23. The Hall–Kier alpha value is -1.32. The molecule has 0 spiro atoms.